The van der Waals surface area contributed by atoms with Crippen LogP contribution in [0.4, 0.5) is 9.59 Å². The third-order valence-electron chi connectivity index (χ3n) is 7.89. The maximum Gasteiger partial charge on any atom is 0.410 e. The van der Waals surface area contributed by atoms with E-state index in [4.69, 9.17) is 18.6 Å². The average Bonchev–Trinajstić information content (AvgIpc) is 3.49. The molecule has 2 amide bonds. The summed E-state index contributed by atoms with van der Waals surface area (Å²) in [6.45, 7) is 23.3. The van der Waals surface area contributed by atoms with E-state index in [0.29, 0.717) is 26.2 Å². The molecule has 0 aliphatic carbocycles. The molecule has 0 aromatic carbocycles. The normalized spacial score (nSPS) is 22.8. The van der Waals surface area contributed by atoms with Crippen LogP contribution in [-0.4, -0.2) is 112 Å². The van der Waals surface area contributed by atoms with E-state index in [-0.39, 0.29) is 41.9 Å². The summed E-state index contributed by atoms with van der Waals surface area (Å²) < 4.78 is 26.5. The Morgan fingerprint density at radius 3 is 1.40 bits per heavy atom. The first-order chi connectivity index (χ1) is 19.5. The predicted molar refractivity (Wildman–Crippen MR) is 164 cm³/mol. The topological polar surface area (TPSA) is 141 Å². The highest BCUT2D eigenvalue weighted by molar-refractivity contribution is 6.74. The first-order valence-electron chi connectivity index (χ1n) is 14.8. The largest absolute Gasteiger partial charge is 0.469 e. The zero-order valence-electron chi connectivity index (χ0n) is 28.6. The van der Waals surface area contributed by atoms with Crippen molar-refractivity contribution in [2.75, 3.05) is 53.6 Å². The number of ether oxygens (including phenoxy) is 4. The van der Waals surface area contributed by atoms with E-state index in [2.05, 4.69) is 38.6 Å². The summed E-state index contributed by atoms with van der Waals surface area (Å²) in [4.78, 5) is 50.9. The number of carbonyl (C=O) groups excluding carboxylic acids is 4. The van der Waals surface area contributed by atoms with Crippen LogP contribution in [0.3, 0.4) is 0 Å². The van der Waals surface area contributed by atoms with Gasteiger partial charge in [-0.25, -0.2) is 9.59 Å². The van der Waals surface area contributed by atoms with Crippen molar-refractivity contribution in [1.82, 2.24) is 9.80 Å². The molecule has 1 N–H and O–H groups in total. The zero-order valence-corrected chi connectivity index (χ0v) is 29.6. The van der Waals surface area contributed by atoms with Crippen molar-refractivity contribution in [2.45, 2.75) is 91.6 Å². The van der Waals surface area contributed by atoms with Gasteiger partial charge in [0.15, 0.2) is 8.32 Å². The molecule has 0 aromatic heterocycles. The van der Waals surface area contributed by atoms with Crippen LogP contribution < -0.4 is 0 Å². The van der Waals surface area contributed by atoms with Gasteiger partial charge in [-0.05, 0) is 59.7 Å². The molecular weight excluding hydrogens is 576 g/mol. The minimum atomic E-state index is -1.92. The van der Waals surface area contributed by atoms with Crippen LogP contribution in [0, 0.1) is 23.7 Å². The molecule has 4 atom stereocenters. The number of amides is 2. The Morgan fingerprint density at radius 1 is 0.698 bits per heavy atom. The summed E-state index contributed by atoms with van der Waals surface area (Å²) in [6.07, 6.45) is -0.858. The van der Waals surface area contributed by atoms with E-state index in [1.165, 1.54) is 19.1 Å². The lowest BCUT2D eigenvalue weighted by Gasteiger charge is -2.37. The van der Waals surface area contributed by atoms with Crippen LogP contribution in [0.25, 0.3) is 0 Å². The van der Waals surface area contributed by atoms with Gasteiger partial charge in [0, 0.05) is 51.2 Å². The fourth-order valence-corrected chi connectivity index (χ4v) is 5.48. The van der Waals surface area contributed by atoms with Gasteiger partial charge in [-0.3, -0.25) is 9.59 Å². The monoisotopic (exact) mass is 632 g/mol. The average molecular weight is 633 g/mol. The molecule has 12 nitrogen and oxygen atoms in total. The minimum absolute atomic E-state index is 0.0749. The molecule has 13 heteroatoms. The van der Waals surface area contributed by atoms with E-state index < -0.39 is 43.6 Å². The number of carbonyl (C=O) groups is 4. The SMILES string of the molecule is COC(=O)[C@H]1CN(C(=O)OC(C)(C)C)C[C@@H]1CO.COC(=O)[C@H]1CN(C(=O)OC(C)(C)C)C[C@@H]1CO[Si](C)(C)C(C)(C)C. The number of aliphatic hydroxyl groups excluding tert-OH is 1. The number of likely N-dealkylation sites (tertiary alicyclic amines) is 2. The van der Waals surface area contributed by atoms with Gasteiger partial charge in [0.2, 0.25) is 0 Å². The maximum atomic E-state index is 12.3. The van der Waals surface area contributed by atoms with E-state index in [1.54, 1.807) is 25.7 Å². The smallest absolute Gasteiger partial charge is 0.410 e. The number of hydrogen-bond donors (Lipinski definition) is 1. The van der Waals surface area contributed by atoms with Crippen LogP contribution in [0.1, 0.15) is 62.3 Å². The highest BCUT2D eigenvalue weighted by Crippen LogP contribution is 2.38. The van der Waals surface area contributed by atoms with Gasteiger partial charge < -0.3 is 38.3 Å². The molecule has 2 aliphatic rings. The second-order valence-electron chi connectivity index (χ2n) is 14.8. The molecule has 2 aliphatic heterocycles. The highest BCUT2D eigenvalue weighted by Gasteiger charge is 2.45. The highest BCUT2D eigenvalue weighted by atomic mass is 28.4. The van der Waals surface area contributed by atoms with Crippen molar-refractivity contribution >= 4 is 32.4 Å². The Morgan fingerprint density at radius 2 is 1.07 bits per heavy atom. The van der Waals surface area contributed by atoms with Crippen molar-refractivity contribution in [1.29, 1.82) is 0 Å². The molecule has 0 aromatic rings. The standard InChI is InChI=1S/C18H35NO5Si.C12H21NO5/c1-17(2,3)24-16(21)19-10-13(14(11-19)15(20)22-7)12-23-25(8,9)18(4,5)6;1-12(2,3)18-11(16)13-5-8(7-14)9(6-13)10(15)17-4/h13-14H,10-12H2,1-9H3;8-9,14H,5-7H2,1-4H3/t13-,14+;8-,9+/m11/s1. The summed E-state index contributed by atoms with van der Waals surface area (Å²) in [5, 5.41) is 9.32. The molecule has 2 saturated heterocycles. The lowest BCUT2D eigenvalue weighted by atomic mass is 9.97. The molecule has 2 heterocycles. The molecule has 0 saturated carbocycles. The molecule has 2 fully saturated rings. The number of hydrogen-bond acceptors (Lipinski definition) is 10. The van der Waals surface area contributed by atoms with Crippen LogP contribution in [0.5, 0.6) is 0 Å². The van der Waals surface area contributed by atoms with Crippen molar-refractivity contribution in [3.8, 4) is 0 Å². The van der Waals surface area contributed by atoms with E-state index >= 15 is 0 Å². The first kappa shape index (κ1) is 38.6. The Labute approximate surface area is 258 Å². The Bertz CT molecular complexity index is 967. The third-order valence-corrected chi connectivity index (χ3v) is 12.4. The number of methoxy groups -OCH3 is 2. The van der Waals surface area contributed by atoms with Crippen molar-refractivity contribution in [2.24, 2.45) is 23.7 Å². The molecule has 2 rings (SSSR count). The summed E-state index contributed by atoms with van der Waals surface area (Å²) >= 11 is 0. The lowest BCUT2D eigenvalue weighted by molar-refractivity contribution is -0.147. The van der Waals surface area contributed by atoms with Gasteiger partial charge in [-0.2, -0.15) is 0 Å². The van der Waals surface area contributed by atoms with Crippen LogP contribution in [-0.2, 0) is 33.0 Å². The molecule has 0 unspecified atom stereocenters. The number of rotatable bonds is 6. The lowest BCUT2D eigenvalue weighted by Crippen LogP contribution is -2.43. The Hall–Kier alpha value is -2.38. The van der Waals surface area contributed by atoms with Gasteiger partial charge in [-0.1, -0.05) is 20.8 Å². The van der Waals surface area contributed by atoms with Gasteiger partial charge in [-0.15, -0.1) is 0 Å². The second kappa shape index (κ2) is 15.1. The number of aliphatic hydroxyl groups is 1. The van der Waals surface area contributed by atoms with Crippen molar-refractivity contribution in [3.63, 3.8) is 0 Å². The predicted octanol–water partition coefficient (Wildman–Crippen LogP) is 4.30. The fourth-order valence-electron chi connectivity index (χ4n) is 4.42. The van der Waals surface area contributed by atoms with Crippen LogP contribution in [0.2, 0.25) is 18.1 Å². The molecule has 0 radical (unpaired) electrons. The van der Waals surface area contributed by atoms with Crippen molar-refractivity contribution in [3.05, 3.63) is 0 Å². The minimum Gasteiger partial charge on any atom is -0.469 e. The molecule has 0 spiro atoms. The maximum absolute atomic E-state index is 12.3. The molecule has 43 heavy (non-hydrogen) atoms. The van der Waals surface area contributed by atoms with E-state index in [1.807, 2.05) is 20.8 Å². The summed E-state index contributed by atoms with van der Waals surface area (Å²) in [6, 6.07) is 0. The first-order valence-corrected chi connectivity index (χ1v) is 17.7. The Kier molecular flexibility index (Phi) is 13.5. The van der Waals surface area contributed by atoms with E-state index in [9.17, 15) is 24.3 Å². The molecule has 0 bridgehead atoms. The quantitative estimate of drug-likeness (QED) is 0.256. The van der Waals surface area contributed by atoms with E-state index in [0.717, 1.165) is 0 Å². The van der Waals surface area contributed by atoms with Crippen LogP contribution in [0.15, 0.2) is 0 Å². The number of esters is 2. The summed E-state index contributed by atoms with van der Waals surface area (Å²) in [5.41, 5.74) is -1.14. The Balaban J connectivity index is 0.000000453. The second-order valence-corrected chi connectivity index (χ2v) is 19.6. The summed E-state index contributed by atoms with van der Waals surface area (Å²) in [5.74, 6) is -1.91. The summed E-state index contributed by atoms with van der Waals surface area (Å²) in [7, 11) is 0.756. The zero-order chi connectivity index (χ0) is 33.6. The van der Waals surface area contributed by atoms with Crippen molar-refractivity contribution < 1.29 is 47.7 Å². The molecular formula is C30H56N2O10Si. The van der Waals surface area contributed by atoms with Gasteiger partial charge in [0.25, 0.3) is 0 Å². The fraction of sp³-hybridized carbons (Fsp3) is 0.867. The number of nitrogens with zero attached hydrogens (tertiary/aromatic N) is 2. The van der Waals surface area contributed by atoms with Gasteiger partial charge in [0.05, 0.1) is 26.1 Å². The van der Waals surface area contributed by atoms with Gasteiger partial charge >= 0.3 is 24.1 Å². The van der Waals surface area contributed by atoms with Crippen LogP contribution >= 0.6 is 0 Å². The third kappa shape index (κ3) is 11.9. The molecule has 250 valence electrons. The van der Waals surface area contributed by atoms with Gasteiger partial charge in [0.1, 0.15) is 11.2 Å².